The lowest BCUT2D eigenvalue weighted by Gasteiger charge is -2.33. The van der Waals surface area contributed by atoms with Crippen LogP contribution in [-0.2, 0) is 0 Å². The zero-order chi connectivity index (χ0) is 14.8. The first-order chi connectivity index (χ1) is 10.1. The Hall–Kier alpha value is -1.09. The van der Waals surface area contributed by atoms with E-state index in [1.165, 1.54) is 6.07 Å². The molecule has 0 bridgehead atoms. The van der Waals surface area contributed by atoms with Gasteiger partial charge in [-0.2, -0.15) is 0 Å². The summed E-state index contributed by atoms with van der Waals surface area (Å²) in [6.07, 6.45) is 0.960. The van der Waals surface area contributed by atoms with Gasteiger partial charge in [0.1, 0.15) is 5.82 Å². The molecule has 0 spiro atoms. The van der Waals surface area contributed by atoms with Crippen LogP contribution in [0.15, 0.2) is 42.5 Å². The predicted octanol–water partition coefficient (Wildman–Crippen LogP) is 4.99. The van der Waals surface area contributed by atoms with Crippen molar-refractivity contribution in [3.8, 4) is 0 Å². The van der Waals surface area contributed by atoms with Crippen LogP contribution in [0.25, 0.3) is 0 Å². The largest absolute Gasteiger partial charge is 0.316 e. The highest BCUT2D eigenvalue weighted by atomic mass is 35.5. The maximum absolute atomic E-state index is 13.5. The summed E-state index contributed by atoms with van der Waals surface area (Å²) < 4.78 is 13.5. The summed E-state index contributed by atoms with van der Waals surface area (Å²) in [6, 6.07) is 12.4. The average Bonchev–Trinajstić information content (AvgIpc) is 2.50. The number of hydrogen-bond donors (Lipinski definition) is 1. The number of halogens is 3. The Morgan fingerprint density at radius 1 is 1.05 bits per heavy atom. The van der Waals surface area contributed by atoms with E-state index in [4.69, 9.17) is 23.2 Å². The van der Waals surface area contributed by atoms with Crippen LogP contribution in [0, 0.1) is 5.82 Å². The Labute approximate surface area is 134 Å². The first-order valence-corrected chi connectivity index (χ1v) is 7.82. The van der Waals surface area contributed by atoms with Crippen LogP contribution in [0.4, 0.5) is 4.39 Å². The average molecular weight is 324 g/mol. The van der Waals surface area contributed by atoms with E-state index >= 15 is 0 Å². The molecule has 2 atom stereocenters. The Balaban J connectivity index is 2.00. The summed E-state index contributed by atoms with van der Waals surface area (Å²) in [6.45, 7) is 1.75. The van der Waals surface area contributed by atoms with Crippen molar-refractivity contribution in [1.29, 1.82) is 0 Å². The van der Waals surface area contributed by atoms with Gasteiger partial charge in [-0.3, -0.25) is 0 Å². The molecule has 3 rings (SSSR count). The lowest BCUT2D eigenvalue weighted by Crippen LogP contribution is -2.34. The molecule has 0 saturated carbocycles. The van der Waals surface area contributed by atoms with Gasteiger partial charge in [-0.25, -0.2) is 4.39 Å². The molecule has 1 nitrogen and oxygen atoms in total. The predicted molar refractivity (Wildman–Crippen MR) is 85.8 cm³/mol. The second-order valence-electron chi connectivity index (χ2n) is 5.43. The van der Waals surface area contributed by atoms with Gasteiger partial charge < -0.3 is 5.32 Å². The Kier molecular flexibility index (Phi) is 4.48. The number of nitrogens with one attached hydrogen (secondary N) is 1. The van der Waals surface area contributed by atoms with E-state index in [1.54, 1.807) is 18.2 Å². The first-order valence-electron chi connectivity index (χ1n) is 7.06. The summed E-state index contributed by atoms with van der Waals surface area (Å²) in [5.74, 6) is 0.249. The maximum atomic E-state index is 13.5. The number of hydrogen-bond acceptors (Lipinski definition) is 1. The minimum atomic E-state index is -0.200. The van der Waals surface area contributed by atoms with Crippen LogP contribution in [0.5, 0.6) is 0 Å². The third-order valence-electron chi connectivity index (χ3n) is 4.12. The third-order valence-corrected chi connectivity index (χ3v) is 4.70. The standard InChI is InChI=1S/C17H16Cl2FN/c18-12-4-5-17(19)15(9-12)14-6-7-21-10-16(14)11-2-1-3-13(20)8-11/h1-5,8-9,14,16,21H,6-7,10H2. The SMILES string of the molecule is Fc1cccc(C2CNCCC2c2cc(Cl)ccc2Cl)c1. The van der Waals surface area contributed by atoms with Crippen molar-refractivity contribution in [3.05, 3.63) is 69.5 Å². The van der Waals surface area contributed by atoms with E-state index in [2.05, 4.69) is 5.32 Å². The summed E-state index contributed by atoms with van der Waals surface area (Å²) in [7, 11) is 0. The van der Waals surface area contributed by atoms with Gasteiger partial charge in [0, 0.05) is 22.5 Å². The van der Waals surface area contributed by atoms with Gasteiger partial charge in [0.25, 0.3) is 0 Å². The van der Waals surface area contributed by atoms with Gasteiger partial charge >= 0.3 is 0 Å². The van der Waals surface area contributed by atoms with Gasteiger partial charge in [0.15, 0.2) is 0 Å². The van der Waals surface area contributed by atoms with Crippen molar-refractivity contribution < 1.29 is 4.39 Å². The van der Waals surface area contributed by atoms with E-state index in [1.807, 2.05) is 18.2 Å². The second-order valence-corrected chi connectivity index (χ2v) is 6.27. The van der Waals surface area contributed by atoms with Crippen LogP contribution < -0.4 is 5.32 Å². The Morgan fingerprint density at radius 3 is 2.71 bits per heavy atom. The number of piperidine rings is 1. The van der Waals surface area contributed by atoms with Crippen molar-refractivity contribution in [1.82, 2.24) is 5.32 Å². The quantitative estimate of drug-likeness (QED) is 0.820. The fraction of sp³-hybridized carbons (Fsp3) is 0.294. The van der Waals surface area contributed by atoms with Gasteiger partial charge in [0.2, 0.25) is 0 Å². The van der Waals surface area contributed by atoms with Crippen molar-refractivity contribution in [2.24, 2.45) is 0 Å². The molecule has 1 fully saturated rings. The molecule has 1 heterocycles. The fourth-order valence-corrected chi connectivity index (χ4v) is 3.56. The van der Waals surface area contributed by atoms with Crippen molar-refractivity contribution in [3.63, 3.8) is 0 Å². The first kappa shape index (κ1) is 14.8. The van der Waals surface area contributed by atoms with Crippen molar-refractivity contribution in [2.75, 3.05) is 13.1 Å². The van der Waals surface area contributed by atoms with Crippen LogP contribution in [-0.4, -0.2) is 13.1 Å². The molecule has 2 unspecified atom stereocenters. The number of rotatable bonds is 2. The van der Waals surface area contributed by atoms with Crippen LogP contribution in [0.1, 0.15) is 29.4 Å². The molecule has 0 amide bonds. The molecule has 2 aromatic rings. The number of benzene rings is 2. The van der Waals surface area contributed by atoms with Gasteiger partial charge in [-0.1, -0.05) is 35.3 Å². The molecule has 0 aromatic heterocycles. The van der Waals surface area contributed by atoms with E-state index in [9.17, 15) is 4.39 Å². The smallest absolute Gasteiger partial charge is 0.123 e. The minimum absolute atomic E-state index is 0.199. The zero-order valence-electron chi connectivity index (χ0n) is 11.5. The molecule has 1 aliphatic heterocycles. The summed E-state index contributed by atoms with van der Waals surface area (Å²) in [4.78, 5) is 0. The highest BCUT2D eigenvalue weighted by Gasteiger charge is 2.29. The molecular weight excluding hydrogens is 308 g/mol. The minimum Gasteiger partial charge on any atom is -0.316 e. The van der Waals surface area contributed by atoms with E-state index in [-0.39, 0.29) is 17.7 Å². The fourth-order valence-electron chi connectivity index (χ4n) is 3.12. The molecule has 1 saturated heterocycles. The molecular formula is C17H16Cl2FN. The normalized spacial score (nSPS) is 22.2. The highest BCUT2D eigenvalue weighted by molar-refractivity contribution is 6.33. The lowest BCUT2D eigenvalue weighted by molar-refractivity contribution is 0.403. The molecule has 21 heavy (non-hydrogen) atoms. The molecule has 110 valence electrons. The van der Waals surface area contributed by atoms with Gasteiger partial charge in [-0.05, 0) is 60.3 Å². The maximum Gasteiger partial charge on any atom is 0.123 e. The van der Waals surface area contributed by atoms with Crippen molar-refractivity contribution >= 4 is 23.2 Å². The molecule has 1 N–H and O–H groups in total. The molecule has 1 aliphatic rings. The highest BCUT2D eigenvalue weighted by Crippen LogP contribution is 2.41. The summed E-state index contributed by atoms with van der Waals surface area (Å²) >= 11 is 12.5. The van der Waals surface area contributed by atoms with E-state index in [0.717, 1.165) is 35.7 Å². The van der Waals surface area contributed by atoms with Crippen LogP contribution in [0.3, 0.4) is 0 Å². The van der Waals surface area contributed by atoms with Crippen molar-refractivity contribution in [2.45, 2.75) is 18.3 Å². The summed E-state index contributed by atoms with van der Waals surface area (Å²) in [5, 5.41) is 4.80. The molecule has 0 radical (unpaired) electrons. The Morgan fingerprint density at radius 2 is 1.90 bits per heavy atom. The zero-order valence-corrected chi connectivity index (χ0v) is 13.0. The van der Waals surface area contributed by atoms with Crippen LogP contribution in [0.2, 0.25) is 10.0 Å². The van der Waals surface area contributed by atoms with Crippen LogP contribution >= 0.6 is 23.2 Å². The topological polar surface area (TPSA) is 12.0 Å². The van der Waals surface area contributed by atoms with E-state index in [0.29, 0.717) is 5.02 Å². The second kappa shape index (κ2) is 6.35. The lowest BCUT2D eigenvalue weighted by atomic mass is 9.77. The monoisotopic (exact) mass is 323 g/mol. The molecule has 2 aromatic carbocycles. The third kappa shape index (κ3) is 3.23. The van der Waals surface area contributed by atoms with E-state index < -0.39 is 0 Å². The molecule has 4 heteroatoms. The molecule has 0 aliphatic carbocycles. The van der Waals surface area contributed by atoms with Gasteiger partial charge in [0.05, 0.1) is 0 Å². The van der Waals surface area contributed by atoms with Gasteiger partial charge in [-0.15, -0.1) is 0 Å². The Bertz CT molecular complexity index is 644. The summed E-state index contributed by atoms with van der Waals surface area (Å²) in [5.41, 5.74) is 2.06.